The first-order valence-corrected chi connectivity index (χ1v) is 8.34. The van der Waals surface area contributed by atoms with Crippen molar-refractivity contribution >= 4 is 23.2 Å². The highest BCUT2D eigenvalue weighted by atomic mass is 16.5. The molecule has 0 spiro atoms. The molecule has 0 aliphatic heterocycles. The second-order valence-corrected chi connectivity index (χ2v) is 5.61. The zero-order chi connectivity index (χ0) is 18.8. The van der Waals surface area contributed by atoms with Crippen molar-refractivity contribution in [3.63, 3.8) is 0 Å². The molecule has 26 heavy (non-hydrogen) atoms. The number of benzene rings is 2. The number of nitrogen functional groups attached to an aromatic ring is 1. The van der Waals surface area contributed by atoms with E-state index in [0.717, 1.165) is 6.42 Å². The lowest BCUT2D eigenvalue weighted by Crippen LogP contribution is -2.24. The van der Waals surface area contributed by atoms with Crippen LogP contribution in [-0.2, 0) is 4.79 Å². The van der Waals surface area contributed by atoms with Crippen LogP contribution in [0, 0.1) is 0 Å². The Balaban J connectivity index is 1.66. The van der Waals surface area contributed by atoms with Gasteiger partial charge in [-0.1, -0.05) is 18.2 Å². The number of nitrogens with one attached hydrogen (secondary N) is 2. The van der Waals surface area contributed by atoms with Gasteiger partial charge in [0.1, 0.15) is 5.75 Å². The van der Waals surface area contributed by atoms with Crippen LogP contribution in [0.25, 0.3) is 0 Å². The number of nitrogens with two attached hydrogens (primary N) is 1. The van der Waals surface area contributed by atoms with Gasteiger partial charge >= 0.3 is 0 Å². The maximum atomic E-state index is 12.0. The molecule has 2 amide bonds. The second-order valence-electron chi connectivity index (χ2n) is 5.61. The Morgan fingerprint density at radius 3 is 2.54 bits per heavy atom. The van der Waals surface area contributed by atoms with Gasteiger partial charge in [0, 0.05) is 12.1 Å². The largest absolute Gasteiger partial charge is 0.497 e. The molecule has 6 heteroatoms. The average molecular weight is 353 g/mol. The van der Waals surface area contributed by atoms with Crippen LogP contribution >= 0.6 is 0 Å². The van der Waals surface area contributed by atoms with Crippen molar-refractivity contribution in [1.82, 2.24) is 5.32 Å². The molecular weight excluding hydrogens is 330 g/mol. The summed E-state index contributed by atoms with van der Waals surface area (Å²) >= 11 is 0. The summed E-state index contributed by atoms with van der Waals surface area (Å²) < 4.78 is 5.06. The smallest absolute Gasteiger partial charge is 0.251 e. The number of ether oxygens (including phenoxy) is 1. The van der Waals surface area contributed by atoms with Crippen molar-refractivity contribution in [2.45, 2.75) is 12.8 Å². The Morgan fingerprint density at radius 2 is 1.85 bits per heavy atom. The van der Waals surface area contributed by atoms with E-state index in [9.17, 15) is 9.59 Å². The second kappa shape index (κ2) is 9.88. The normalized spacial score (nSPS) is 10.5. The minimum Gasteiger partial charge on any atom is -0.497 e. The summed E-state index contributed by atoms with van der Waals surface area (Å²) in [6.45, 7) is 0.530. The zero-order valence-corrected chi connectivity index (χ0v) is 14.7. The number of anilines is 2. The first kappa shape index (κ1) is 19.1. The summed E-state index contributed by atoms with van der Waals surface area (Å²) in [7, 11) is 1.58. The van der Waals surface area contributed by atoms with E-state index in [1.54, 1.807) is 61.7 Å². The zero-order valence-electron chi connectivity index (χ0n) is 14.7. The number of methoxy groups -OCH3 is 1. The molecule has 2 rings (SSSR count). The van der Waals surface area contributed by atoms with E-state index in [4.69, 9.17) is 10.5 Å². The molecule has 0 aliphatic rings. The molecule has 0 bridgehead atoms. The lowest BCUT2D eigenvalue weighted by atomic mass is 10.2. The number of allylic oxidation sites excluding steroid dienone is 1. The molecule has 6 nitrogen and oxygen atoms in total. The highest BCUT2D eigenvalue weighted by Crippen LogP contribution is 2.16. The maximum Gasteiger partial charge on any atom is 0.251 e. The molecule has 0 heterocycles. The van der Waals surface area contributed by atoms with Gasteiger partial charge in [-0.3, -0.25) is 9.59 Å². The van der Waals surface area contributed by atoms with E-state index < -0.39 is 0 Å². The minimum atomic E-state index is -0.231. The van der Waals surface area contributed by atoms with Crippen LogP contribution in [0.3, 0.4) is 0 Å². The average Bonchev–Trinajstić information content (AvgIpc) is 2.66. The number of carbonyl (C=O) groups excluding carboxylic acids is 2. The quantitative estimate of drug-likeness (QED) is 0.386. The van der Waals surface area contributed by atoms with Crippen LogP contribution in [0.15, 0.2) is 60.7 Å². The summed E-state index contributed by atoms with van der Waals surface area (Å²) in [6, 6.07) is 14.0. The van der Waals surface area contributed by atoms with E-state index in [0.29, 0.717) is 35.7 Å². The molecule has 0 radical (unpaired) electrons. The highest BCUT2D eigenvalue weighted by molar-refractivity contribution is 6.01. The molecule has 4 N–H and O–H groups in total. The monoisotopic (exact) mass is 353 g/mol. The van der Waals surface area contributed by atoms with Crippen molar-refractivity contribution in [2.75, 3.05) is 24.7 Å². The van der Waals surface area contributed by atoms with Crippen molar-refractivity contribution in [2.24, 2.45) is 0 Å². The van der Waals surface area contributed by atoms with Gasteiger partial charge in [-0.05, 0) is 55.3 Å². The fraction of sp³-hybridized carbons (Fsp3) is 0.200. The molecule has 2 aromatic carbocycles. The number of amides is 2. The van der Waals surface area contributed by atoms with Crippen molar-refractivity contribution in [3.05, 3.63) is 66.2 Å². The molecule has 0 aromatic heterocycles. The fourth-order valence-corrected chi connectivity index (χ4v) is 2.24. The van der Waals surface area contributed by atoms with Gasteiger partial charge in [0.05, 0.1) is 18.5 Å². The van der Waals surface area contributed by atoms with E-state index in [2.05, 4.69) is 10.6 Å². The van der Waals surface area contributed by atoms with Crippen LogP contribution in [0.2, 0.25) is 0 Å². The Kier molecular flexibility index (Phi) is 7.24. The number of carbonyl (C=O) groups is 2. The number of hydrogen-bond acceptors (Lipinski definition) is 4. The van der Waals surface area contributed by atoms with Crippen LogP contribution in [0.4, 0.5) is 11.4 Å². The fourth-order valence-electron chi connectivity index (χ4n) is 2.24. The summed E-state index contributed by atoms with van der Waals surface area (Å²) in [5.74, 6) is 0.348. The molecule has 136 valence electrons. The predicted molar refractivity (Wildman–Crippen MR) is 103 cm³/mol. The topological polar surface area (TPSA) is 93.4 Å². The molecule has 0 saturated carbocycles. The van der Waals surface area contributed by atoms with Crippen molar-refractivity contribution < 1.29 is 14.3 Å². The summed E-state index contributed by atoms with van der Waals surface area (Å²) in [6.07, 6.45) is 4.66. The Bertz CT molecular complexity index is 770. The molecule has 0 aliphatic carbocycles. The maximum absolute atomic E-state index is 12.0. The number of unbranched alkanes of at least 4 members (excludes halogenated alkanes) is 1. The Hall–Kier alpha value is -3.28. The van der Waals surface area contributed by atoms with E-state index in [1.165, 1.54) is 6.08 Å². The van der Waals surface area contributed by atoms with Crippen molar-refractivity contribution in [1.29, 1.82) is 0 Å². The third kappa shape index (κ3) is 5.98. The first-order chi connectivity index (χ1) is 12.6. The number of hydrogen-bond donors (Lipinski definition) is 3. The standard InChI is InChI=1S/C20H23N3O3/c1-26-16-12-10-15(11-13-16)20(25)22-14-6-2-3-9-19(24)23-18-8-5-4-7-17(18)21/h3-5,7-13H,2,6,14,21H2,1H3,(H,22,25)(H,23,24). The van der Waals surface area contributed by atoms with Gasteiger partial charge in [0.25, 0.3) is 5.91 Å². The molecular formula is C20H23N3O3. The third-order valence-electron chi connectivity index (χ3n) is 3.67. The number of para-hydroxylation sites is 2. The lowest BCUT2D eigenvalue weighted by Gasteiger charge is -2.06. The van der Waals surface area contributed by atoms with E-state index >= 15 is 0 Å². The van der Waals surface area contributed by atoms with E-state index in [1.807, 2.05) is 0 Å². The van der Waals surface area contributed by atoms with Gasteiger partial charge in [-0.2, -0.15) is 0 Å². The lowest BCUT2D eigenvalue weighted by molar-refractivity contribution is -0.111. The molecule has 2 aromatic rings. The number of rotatable bonds is 8. The third-order valence-corrected chi connectivity index (χ3v) is 3.67. The SMILES string of the molecule is COc1ccc(C(=O)NCCCC=CC(=O)Nc2ccccc2N)cc1. The molecule has 0 saturated heterocycles. The van der Waals surface area contributed by atoms with Crippen LogP contribution in [0.1, 0.15) is 23.2 Å². The van der Waals surface area contributed by atoms with Crippen LogP contribution < -0.4 is 21.1 Å². The van der Waals surface area contributed by atoms with E-state index in [-0.39, 0.29) is 11.8 Å². The Morgan fingerprint density at radius 1 is 1.12 bits per heavy atom. The van der Waals surface area contributed by atoms with Crippen LogP contribution in [-0.4, -0.2) is 25.5 Å². The van der Waals surface area contributed by atoms with Gasteiger partial charge in [-0.25, -0.2) is 0 Å². The highest BCUT2D eigenvalue weighted by Gasteiger charge is 2.04. The van der Waals surface area contributed by atoms with Crippen molar-refractivity contribution in [3.8, 4) is 5.75 Å². The predicted octanol–water partition coefficient (Wildman–Crippen LogP) is 2.98. The van der Waals surface area contributed by atoms with Gasteiger partial charge in [0.15, 0.2) is 0 Å². The summed E-state index contributed by atoms with van der Waals surface area (Å²) in [5.41, 5.74) is 7.47. The first-order valence-electron chi connectivity index (χ1n) is 8.34. The molecule has 0 fully saturated rings. The van der Waals surface area contributed by atoms with Crippen LogP contribution in [0.5, 0.6) is 5.75 Å². The summed E-state index contributed by atoms with van der Waals surface area (Å²) in [5, 5.41) is 5.56. The summed E-state index contributed by atoms with van der Waals surface area (Å²) in [4.78, 5) is 23.8. The minimum absolute atomic E-state index is 0.131. The van der Waals surface area contributed by atoms with Gasteiger partial charge < -0.3 is 21.1 Å². The molecule has 0 atom stereocenters. The van der Waals surface area contributed by atoms with Gasteiger partial charge in [0.2, 0.25) is 5.91 Å². The van der Waals surface area contributed by atoms with Gasteiger partial charge in [-0.15, -0.1) is 0 Å². The molecule has 0 unspecified atom stereocenters. The Labute approximate surface area is 153 Å².